The fourth-order valence-electron chi connectivity index (χ4n) is 4.49. The average molecular weight is 675 g/mol. The molecule has 0 aliphatic heterocycles. The molecule has 1 aliphatic carbocycles. The molecular formula is C28H28BrN5O4S3. The van der Waals surface area contributed by atoms with Crippen molar-refractivity contribution in [2.75, 3.05) is 11.9 Å². The van der Waals surface area contributed by atoms with Crippen molar-refractivity contribution in [3.8, 4) is 5.69 Å². The van der Waals surface area contributed by atoms with Gasteiger partial charge in [0, 0.05) is 15.0 Å². The van der Waals surface area contributed by atoms with Gasteiger partial charge < -0.3 is 15.4 Å². The number of benzene rings is 1. The molecule has 0 fully saturated rings. The molecule has 1 aromatic carbocycles. The Morgan fingerprint density at radius 1 is 1.15 bits per heavy atom. The van der Waals surface area contributed by atoms with E-state index in [1.165, 1.54) is 34.4 Å². The van der Waals surface area contributed by atoms with E-state index in [0.717, 1.165) is 46.3 Å². The van der Waals surface area contributed by atoms with Crippen LogP contribution < -0.4 is 10.6 Å². The van der Waals surface area contributed by atoms with E-state index < -0.39 is 11.2 Å². The zero-order valence-corrected chi connectivity index (χ0v) is 26.5. The van der Waals surface area contributed by atoms with Crippen molar-refractivity contribution in [2.45, 2.75) is 56.5 Å². The maximum atomic E-state index is 13.4. The van der Waals surface area contributed by atoms with Crippen LogP contribution in [0.4, 0.5) is 5.00 Å². The summed E-state index contributed by atoms with van der Waals surface area (Å²) in [6.07, 6.45) is 3.78. The molecule has 9 nitrogen and oxygen atoms in total. The van der Waals surface area contributed by atoms with Crippen molar-refractivity contribution in [3.05, 3.63) is 73.0 Å². The maximum Gasteiger partial charge on any atom is 0.341 e. The molecule has 0 bridgehead atoms. The first-order chi connectivity index (χ1) is 19.9. The van der Waals surface area contributed by atoms with Gasteiger partial charge in [-0.1, -0.05) is 33.8 Å². The molecule has 41 heavy (non-hydrogen) atoms. The van der Waals surface area contributed by atoms with Gasteiger partial charge in [-0.05, 0) is 80.8 Å². The first kappa shape index (κ1) is 29.5. The summed E-state index contributed by atoms with van der Waals surface area (Å²) in [7, 11) is 0. The van der Waals surface area contributed by atoms with Gasteiger partial charge in [-0.2, -0.15) is 0 Å². The largest absolute Gasteiger partial charge is 0.462 e. The number of fused-ring (bicyclic) bond motifs is 1. The summed E-state index contributed by atoms with van der Waals surface area (Å²) in [5, 5.41) is 17.0. The second-order valence-electron chi connectivity index (χ2n) is 9.26. The van der Waals surface area contributed by atoms with Gasteiger partial charge in [-0.15, -0.1) is 32.9 Å². The number of aromatic nitrogens is 3. The van der Waals surface area contributed by atoms with Crippen LogP contribution in [-0.2, 0) is 28.9 Å². The molecule has 13 heteroatoms. The van der Waals surface area contributed by atoms with E-state index in [-0.39, 0.29) is 25.0 Å². The zero-order valence-electron chi connectivity index (χ0n) is 22.4. The highest BCUT2D eigenvalue weighted by atomic mass is 79.9. The molecule has 2 amide bonds. The number of aryl methyl sites for hydroxylation is 1. The summed E-state index contributed by atoms with van der Waals surface area (Å²) in [5.41, 5.74) is 2.28. The van der Waals surface area contributed by atoms with Crippen molar-refractivity contribution in [1.29, 1.82) is 0 Å². The molecular weight excluding hydrogens is 646 g/mol. The summed E-state index contributed by atoms with van der Waals surface area (Å²) in [5.74, 6) is -0.310. The normalized spacial score (nSPS) is 13.3. The molecule has 5 rings (SSSR count). The molecule has 3 heterocycles. The zero-order chi connectivity index (χ0) is 28.9. The van der Waals surface area contributed by atoms with E-state index >= 15 is 0 Å². The number of anilines is 1. The molecule has 0 saturated heterocycles. The fraction of sp³-hybridized carbons (Fsp3) is 0.321. The first-order valence-corrected chi connectivity index (χ1v) is 16.5. The standard InChI is InChI=1S/C28H28BrN5O4S3/c1-3-38-27(37)23-19-7-4-5-8-20(19)41-26(23)31-24(35)16(2)40-28-33-32-22(15-30-25(36)21-9-6-14-39-21)34(28)18-12-10-17(29)11-13-18/h6,9-14,16H,3-5,7-8,15H2,1-2H3,(H,30,36)(H,31,35)/t16-/m0/s1. The highest BCUT2D eigenvalue weighted by molar-refractivity contribution is 9.10. The highest BCUT2D eigenvalue weighted by Crippen LogP contribution is 2.39. The minimum atomic E-state index is -0.559. The Morgan fingerprint density at radius 2 is 1.93 bits per heavy atom. The number of ether oxygens (including phenoxy) is 1. The van der Waals surface area contributed by atoms with Crippen molar-refractivity contribution in [1.82, 2.24) is 20.1 Å². The Hall–Kier alpha value is -3.00. The lowest BCUT2D eigenvalue weighted by Crippen LogP contribution is -2.25. The Labute approximate surface area is 258 Å². The van der Waals surface area contributed by atoms with Crippen LogP contribution in [0, 0.1) is 0 Å². The van der Waals surface area contributed by atoms with Gasteiger partial charge in [-0.3, -0.25) is 14.2 Å². The van der Waals surface area contributed by atoms with Gasteiger partial charge in [-0.25, -0.2) is 4.79 Å². The number of amides is 2. The topological polar surface area (TPSA) is 115 Å². The van der Waals surface area contributed by atoms with Crippen LogP contribution in [-0.4, -0.2) is 44.4 Å². The van der Waals surface area contributed by atoms with E-state index in [1.54, 1.807) is 19.9 Å². The molecule has 214 valence electrons. The second-order valence-corrected chi connectivity index (χ2v) is 13.5. The monoisotopic (exact) mass is 673 g/mol. The van der Waals surface area contributed by atoms with Crippen LogP contribution in [0.25, 0.3) is 5.69 Å². The Bertz CT molecular complexity index is 1550. The fourth-order valence-corrected chi connectivity index (χ4v) is 7.56. The lowest BCUT2D eigenvalue weighted by molar-refractivity contribution is -0.115. The Kier molecular flexibility index (Phi) is 9.58. The van der Waals surface area contributed by atoms with E-state index in [4.69, 9.17) is 4.74 Å². The average Bonchev–Trinajstić information content (AvgIpc) is 3.71. The van der Waals surface area contributed by atoms with E-state index in [9.17, 15) is 14.4 Å². The number of carbonyl (C=O) groups excluding carboxylic acids is 3. The number of nitrogens with one attached hydrogen (secondary N) is 2. The SMILES string of the molecule is CCOC(=O)c1c(NC(=O)[C@H](C)Sc2nnc(CNC(=O)c3cccs3)n2-c2ccc(Br)cc2)sc2c1CCCC2. The lowest BCUT2D eigenvalue weighted by Gasteiger charge is -2.15. The molecule has 1 aliphatic rings. The minimum Gasteiger partial charge on any atom is -0.462 e. The lowest BCUT2D eigenvalue weighted by atomic mass is 9.95. The van der Waals surface area contributed by atoms with Crippen LogP contribution >= 0.6 is 50.4 Å². The van der Waals surface area contributed by atoms with E-state index in [1.807, 2.05) is 40.3 Å². The predicted octanol–water partition coefficient (Wildman–Crippen LogP) is 6.26. The van der Waals surface area contributed by atoms with Gasteiger partial charge in [0.05, 0.1) is 28.8 Å². The van der Waals surface area contributed by atoms with Crippen LogP contribution in [0.5, 0.6) is 0 Å². The quantitative estimate of drug-likeness (QED) is 0.151. The molecule has 1 atom stereocenters. The number of nitrogens with zero attached hydrogens (tertiary/aromatic N) is 3. The summed E-state index contributed by atoms with van der Waals surface area (Å²) in [4.78, 5) is 40.5. The number of rotatable bonds is 10. The summed E-state index contributed by atoms with van der Waals surface area (Å²) in [6.45, 7) is 3.99. The van der Waals surface area contributed by atoms with E-state index in [2.05, 4.69) is 36.8 Å². The number of hydrogen-bond donors (Lipinski definition) is 2. The number of esters is 1. The van der Waals surface area contributed by atoms with Crippen LogP contribution in [0.2, 0.25) is 0 Å². The smallest absolute Gasteiger partial charge is 0.341 e. The Morgan fingerprint density at radius 3 is 2.66 bits per heavy atom. The number of carbonyl (C=O) groups is 3. The number of thiophene rings is 2. The predicted molar refractivity (Wildman–Crippen MR) is 165 cm³/mol. The van der Waals surface area contributed by atoms with Crippen molar-refractivity contribution < 1.29 is 19.1 Å². The molecule has 0 spiro atoms. The van der Waals surface area contributed by atoms with Gasteiger partial charge in [0.2, 0.25) is 5.91 Å². The molecule has 0 saturated carbocycles. The third-order valence-electron chi connectivity index (χ3n) is 6.48. The van der Waals surface area contributed by atoms with Crippen LogP contribution in [0.1, 0.15) is 63.0 Å². The van der Waals surface area contributed by atoms with Crippen molar-refractivity contribution >= 4 is 73.2 Å². The Balaban J connectivity index is 1.36. The third-order valence-corrected chi connectivity index (χ3v) is 10.1. The van der Waals surface area contributed by atoms with Gasteiger partial charge >= 0.3 is 5.97 Å². The van der Waals surface area contributed by atoms with Crippen molar-refractivity contribution in [3.63, 3.8) is 0 Å². The van der Waals surface area contributed by atoms with Crippen LogP contribution in [0.3, 0.4) is 0 Å². The first-order valence-electron chi connectivity index (χ1n) is 13.2. The molecule has 0 radical (unpaired) electrons. The van der Waals surface area contributed by atoms with Crippen LogP contribution in [0.15, 0.2) is 51.4 Å². The maximum absolute atomic E-state index is 13.4. The second kappa shape index (κ2) is 13.3. The summed E-state index contributed by atoms with van der Waals surface area (Å²) < 4.78 is 8.08. The molecule has 2 N–H and O–H groups in total. The minimum absolute atomic E-state index is 0.157. The van der Waals surface area contributed by atoms with Gasteiger partial charge in [0.1, 0.15) is 5.00 Å². The van der Waals surface area contributed by atoms with Gasteiger partial charge in [0.25, 0.3) is 5.91 Å². The number of halogens is 1. The van der Waals surface area contributed by atoms with Gasteiger partial charge in [0.15, 0.2) is 11.0 Å². The van der Waals surface area contributed by atoms with E-state index in [0.29, 0.717) is 26.4 Å². The number of thioether (sulfide) groups is 1. The third kappa shape index (κ3) is 6.74. The van der Waals surface area contributed by atoms with Crippen molar-refractivity contribution in [2.24, 2.45) is 0 Å². The number of hydrogen-bond acceptors (Lipinski definition) is 9. The molecule has 4 aromatic rings. The summed E-state index contributed by atoms with van der Waals surface area (Å²) >= 11 is 7.55. The molecule has 0 unspecified atom stereocenters. The highest BCUT2D eigenvalue weighted by Gasteiger charge is 2.29. The summed E-state index contributed by atoms with van der Waals surface area (Å²) in [6, 6.07) is 11.2. The molecule has 3 aromatic heterocycles.